The second-order valence-corrected chi connectivity index (χ2v) is 4.85. The summed E-state index contributed by atoms with van der Waals surface area (Å²) in [6.45, 7) is 4.37. The summed E-state index contributed by atoms with van der Waals surface area (Å²) in [6, 6.07) is 7.49. The van der Waals surface area contributed by atoms with E-state index in [0.29, 0.717) is 6.61 Å². The minimum Gasteiger partial charge on any atom is -0.497 e. The number of aromatic nitrogens is 2. The Hall–Kier alpha value is -2.34. The van der Waals surface area contributed by atoms with Gasteiger partial charge < -0.3 is 14.8 Å². The van der Waals surface area contributed by atoms with Crippen molar-refractivity contribution in [1.29, 1.82) is 0 Å². The van der Waals surface area contributed by atoms with Gasteiger partial charge in [-0.25, -0.2) is 4.68 Å². The average Bonchev–Trinajstić information content (AvgIpc) is 3.03. The van der Waals surface area contributed by atoms with Crippen molar-refractivity contribution in [3.63, 3.8) is 0 Å². The summed E-state index contributed by atoms with van der Waals surface area (Å²) in [5.74, 6) is 0.635. The van der Waals surface area contributed by atoms with Gasteiger partial charge in [-0.05, 0) is 26.0 Å². The Labute approximate surface area is 130 Å². The molecular formula is C16H21N3O3. The van der Waals surface area contributed by atoms with Crippen molar-refractivity contribution in [2.75, 3.05) is 20.3 Å². The van der Waals surface area contributed by atoms with Crippen LogP contribution in [0.25, 0.3) is 5.69 Å². The number of hydrogen-bond donors (Lipinski definition) is 1. The Morgan fingerprint density at radius 2 is 2.27 bits per heavy atom. The third kappa shape index (κ3) is 4.08. The molecule has 0 saturated heterocycles. The quantitative estimate of drug-likeness (QED) is 0.850. The molecule has 0 saturated carbocycles. The van der Waals surface area contributed by atoms with Crippen molar-refractivity contribution in [3.05, 3.63) is 42.2 Å². The number of ether oxygens (including phenoxy) is 2. The van der Waals surface area contributed by atoms with Crippen LogP contribution in [0.2, 0.25) is 0 Å². The van der Waals surface area contributed by atoms with E-state index in [1.807, 2.05) is 44.3 Å². The Balaban J connectivity index is 2.05. The number of benzene rings is 1. The number of carbonyl (C=O) groups is 1. The molecule has 1 heterocycles. The highest BCUT2D eigenvalue weighted by Gasteiger charge is 2.12. The van der Waals surface area contributed by atoms with Crippen LogP contribution in [0.4, 0.5) is 0 Å². The van der Waals surface area contributed by atoms with Crippen molar-refractivity contribution in [1.82, 2.24) is 15.1 Å². The summed E-state index contributed by atoms with van der Waals surface area (Å²) < 4.78 is 12.0. The fourth-order valence-electron chi connectivity index (χ4n) is 2.02. The maximum absolute atomic E-state index is 11.7. The first-order valence-electron chi connectivity index (χ1n) is 7.20. The van der Waals surface area contributed by atoms with Crippen LogP contribution < -0.4 is 10.1 Å². The number of rotatable bonds is 7. The molecule has 0 aliphatic heterocycles. The van der Waals surface area contributed by atoms with Crippen LogP contribution in [-0.2, 0) is 9.53 Å². The molecule has 118 valence electrons. The molecule has 2 rings (SSSR count). The van der Waals surface area contributed by atoms with Crippen LogP contribution in [0.15, 0.2) is 36.7 Å². The van der Waals surface area contributed by atoms with Gasteiger partial charge in [0.2, 0.25) is 5.91 Å². The molecule has 0 spiro atoms. The van der Waals surface area contributed by atoms with Crippen LogP contribution in [0.5, 0.6) is 5.75 Å². The predicted molar refractivity (Wildman–Crippen MR) is 83.2 cm³/mol. The molecule has 2 aromatic rings. The van der Waals surface area contributed by atoms with Crippen LogP contribution in [0.1, 0.15) is 25.5 Å². The number of amides is 1. The van der Waals surface area contributed by atoms with E-state index in [1.54, 1.807) is 18.0 Å². The normalized spacial score (nSPS) is 12.0. The van der Waals surface area contributed by atoms with Gasteiger partial charge in [-0.3, -0.25) is 4.79 Å². The van der Waals surface area contributed by atoms with Crippen LogP contribution in [0, 0.1) is 0 Å². The van der Waals surface area contributed by atoms with E-state index in [-0.39, 0.29) is 18.6 Å². The van der Waals surface area contributed by atoms with E-state index >= 15 is 0 Å². The van der Waals surface area contributed by atoms with Gasteiger partial charge >= 0.3 is 0 Å². The zero-order valence-corrected chi connectivity index (χ0v) is 13.1. The van der Waals surface area contributed by atoms with Crippen molar-refractivity contribution < 1.29 is 14.3 Å². The molecule has 1 aromatic carbocycles. The molecule has 1 aromatic heterocycles. The fourth-order valence-corrected chi connectivity index (χ4v) is 2.02. The minimum atomic E-state index is -0.136. The molecular weight excluding hydrogens is 282 g/mol. The molecule has 0 radical (unpaired) electrons. The highest BCUT2D eigenvalue weighted by atomic mass is 16.5. The van der Waals surface area contributed by atoms with E-state index in [2.05, 4.69) is 10.4 Å². The molecule has 6 nitrogen and oxygen atoms in total. The monoisotopic (exact) mass is 303 g/mol. The van der Waals surface area contributed by atoms with Crippen LogP contribution in [-0.4, -0.2) is 36.0 Å². The predicted octanol–water partition coefficient (Wildman–Crippen LogP) is 2.09. The largest absolute Gasteiger partial charge is 0.497 e. The zero-order valence-electron chi connectivity index (χ0n) is 13.1. The first-order valence-corrected chi connectivity index (χ1v) is 7.20. The lowest BCUT2D eigenvalue weighted by Gasteiger charge is -2.11. The maximum Gasteiger partial charge on any atom is 0.246 e. The second-order valence-electron chi connectivity index (χ2n) is 4.85. The van der Waals surface area contributed by atoms with E-state index in [4.69, 9.17) is 9.47 Å². The molecule has 1 N–H and O–H groups in total. The van der Waals surface area contributed by atoms with Crippen LogP contribution >= 0.6 is 0 Å². The first kappa shape index (κ1) is 16.0. The minimum absolute atomic E-state index is 0.0743. The molecule has 6 heteroatoms. The van der Waals surface area contributed by atoms with Crippen molar-refractivity contribution in [2.24, 2.45) is 0 Å². The second kappa shape index (κ2) is 7.61. The van der Waals surface area contributed by atoms with Gasteiger partial charge in [-0.15, -0.1) is 0 Å². The van der Waals surface area contributed by atoms with Gasteiger partial charge in [0, 0.05) is 24.4 Å². The van der Waals surface area contributed by atoms with Crippen molar-refractivity contribution in [2.45, 2.75) is 19.9 Å². The molecule has 1 atom stereocenters. The van der Waals surface area contributed by atoms with E-state index in [1.165, 1.54) is 0 Å². The SMILES string of the molecule is CCOCC(=O)NC(C)c1cnn(-c2cccc(OC)c2)c1. The van der Waals surface area contributed by atoms with Gasteiger partial charge in [-0.2, -0.15) is 5.10 Å². The van der Waals surface area contributed by atoms with Crippen molar-refractivity contribution in [3.8, 4) is 11.4 Å². The third-order valence-electron chi connectivity index (χ3n) is 3.24. The lowest BCUT2D eigenvalue weighted by Crippen LogP contribution is -2.30. The van der Waals surface area contributed by atoms with E-state index < -0.39 is 0 Å². The molecule has 0 aliphatic rings. The van der Waals surface area contributed by atoms with Gasteiger partial charge in [0.25, 0.3) is 0 Å². The maximum atomic E-state index is 11.7. The molecule has 0 fully saturated rings. The first-order chi connectivity index (χ1) is 10.6. The topological polar surface area (TPSA) is 65.4 Å². The number of nitrogens with one attached hydrogen (secondary N) is 1. The number of hydrogen-bond acceptors (Lipinski definition) is 4. The summed E-state index contributed by atoms with van der Waals surface area (Å²) in [6.07, 6.45) is 3.63. The van der Waals surface area contributed by atoms with E-state index in [0.717, 1.165) is 17.0 Å². The number of nitrogens with zero attached hydrogens (tertiary/aromatic N) is 2. The highest BCUT2D eigenvalue weighted by Crippen LogP contribution is 2.18. The Morgan fingerprint density at radius 1 is 1.45 bits per heavy atom. The lowest BCUT2D eigenvalue weighted by molar-refractivity contribution is -0.126. The average molecular weight is 303 g/mol. The number of methoxy groups -OCH3 is 1. The Morgan fingerprint density at radius 3 is 3.00 bits per heavy atom. The Bertz CT molecular complexity index is 625. The molecule has 1 amide bonds. The standard InChI is InChI=1S/C16H21N3O3/c1-4-22-11-16(20)18-12(2)13-9-17-19(10-13)14-6-5-7-15(8-14)21-3/h5-10,12H,4,11H2,1-3H3,(H,18,20). The number of carbonyl (C=O) groups excluding carboxylic acids is 1. The van der Waals surface area contributed by atoms with Gasteiger partial charge in [-0.1, -0.05) is 6.07 Å². The van der Waals surface area contributed by atoms with Gasteiger partial charge in [0.1, 0.15) is 12.4 Å². The molecule has 0 bridgehead atoms. The van der Waals surface area contributed by atoms with Gasteiger partial charge in [0.05, 0.1) is 25.0 Å². The summed E-state index contributed by atoms with van der Waals surface area (Å²) in [4.78, 5) is 11.7. The Kier molecular flexibility index (Phi) is 5.55. The smallest absolute Gasteiger partial charge is 0.246 e. The molecule has 0 aliphatic carbocycles. The third-order valence-corrected chi connectivity index (χ3v) is 3.24. The fraction of sp³-hybridized carbons (Fsp3) is 0.375. The zero-order chi connectivity index (χ0) is 15.9. The molecule has 22 heavy (non-hydrogen) atoms. The van der Waals surface area contributed by atoms with Gasteiger partial charge in [0.15, 0.2) is 0 Å². The summed E-state index contributed by atoms with van der Waals surface area (Å²) >= 11 is 0. The summed E-state index contributed by atoms with van der Waals surface area (Å²) in [7, 11) is 1.63. The lowest BCUT2D eigenvalue weighted by atomic mass is 10.2. The van der Waals surface area contributed by atoms with Crippen molar-refractivity contribution >= 4 is 5.91 Å². The van der Waals surface area contributed by atoms with Crippen LogP contribution in [0.3, 0.4) is 0 Å². The van der Waals surface area contributed by atoms with E-state index in [9.17, 15) is 4.79 Å². The summed E-state index contributed by atoms with van der Waals surface area (Å²) in [5.41, 5.74) is 1.83. The summed E-state index contributed by atoms with van der Waals surface area (Å²) in [5, 5.41) is 7.21. The molecule has 1 unspecified atom stereocenters. The highest BCUT2D eigenvalue weighted by molar-refractivity contribution is 5.77.